The SMILES string of the molecule is CC(C)(C)OC(=O)NCC(=O)NCC(=O)Nc1ccc(Br)cc1C(=O)c1ccccc1Cl. The second kappa shape index (κ2) is 11.1. The first-order valence-corrected chi connectivity index (χ1v) is 10.8. The van der Waals surface area contributed by atoms with Crippen molar-refractivity contribution < 1.29 is 23.9 Å². The van der Waals surface area contributed by atoms with Gasteiger partial charge in [-0.05, 0) is 51.1 Å². The van der Waals surface area contributed by atoms with Gasteiger partial charge in [0.2, 0.25) is 11.8 Å². The summed E-state index contributed by atoms with van der Waals surface area (Å²) < 4.78 is 5.67. The number of ketones is 1. The van der Waals surface area contributed by atoms with Gasteiger partial charge in [-0.2, -0.15) is 0 Å². The van der Waals surface area contributed by atoms with Crippen molar-refractivity contribution >= 4 is 56.9 Å². The Hall–Kier alpha value is -2.91. The fraction of sp³-hybridized carbons (Fsp3) is 0.273. The number of nitrogens with one attached hydrogen (secondary N) is 3. The quantitative estimate of drug-likeness (QED) is 0.475. The van der Waals surface area contributed by atoms with Crippen molar-refractivity contribution in [3.8, 4) is 0 Å². The number of benzene rings is 2. The van der Waals surface area contributed by atoms with Crippen LogP contribution in [0.25, 0.3) is 0 Å². The Morgan fingerprint density at radius 3 is 2.25 bits per heavy atom. The van der Waals surface area contributed by atoms with Gasteiger partial charge in [0.15, 0.2) is 5.78 Å². The molecule has 0 saturated heterocycles. The summed E-state index contributed by atoms with van der Waals surface area (Å²) in [7, 11) is 0. The number of alkyl carbamates (subject to hydrolysis) is 1. The van der Waals surface area contributed by atoms with E-state index < -0.39 is 23.5 Å². The van der Waals surface area contributed by atoms with Gasteiger partial charge in [-0.25, -0.2) is 4.79 Å². The molecular weight excluding hydrogens is 502 g/mol. The van der Waals surface area contributed by atoms with E-state index in [9.17, 15) is 19.2 Å². The zero-order valence-corrected chi connectivity index (χ0v) is 20.1. The molecule has 0 spiro atoms. The van der Waals surface area contributed by atoms with Crippen LogP contribution >= 0.6 is 27.5 Å². The predicted octanol–water partition coefficient (Wildman–Crippen LogP) is 3.91. The third-order valence-electron chi connectivity index (χ3n) is 3.86. The van der Waals surface area contributed by atoms with Crippen LogP contribution in [0.3, 0.4) is 0 Å². The topological polar surface area (TPSA) is 114 Å². The number of carbonyl (C=O) groups excluding carboxylic acids is 4. The summed E-state index contributed by atoms with van der Waals surface area (Å²) in [6.45, 7) is 4.39. The first kappa shape index (κ1) is 25.4. The molecule has 2 aromatic rings. The molecule has 0 bridgehead atoms. The van der Waals surface area contributed by atoms with Crippen LogP contribution in [-0.4, -0.2) is 42.4 Å². The molecule has 2 aromatic carbocycles. The van der Waals surface area contributed by atoms with Crippen LogP contribution in [0.5, 0.6) is 0 Å². The van der Waals surface area contributed by atoms with Crippen molar-refractivity contribution in [3.63, 3.8) is 0 Å². The monoisotopic (exact) mass is 523 g/mol. The average Bonchev–Trinajstić information content (AvgIpc) is 2.70. The highest BCUT2D eigenvalue weighted by atomic mass is 79.9. The highest BCUT2D eigenvalue weighted by molar-refractivity contribution is 9.10. The molecule has 3 amide bonds. The molecule has 0 aromatic heterocycles. The number of carbonyl (C=O) groups is 4. The minimum atomic E-state index is -0.741. The van der Waals surface area contributed by atoms with E-state index in [1.54, 1.807) is 63.2 Å². The second-order valence-electron chi connectivity index (χ2n) is 7.68. The molecule has 0 saturated carbocycles. The maximum atomic E-state index is 13.0. The molecule has 170 valence electrons. The van der Waals surface area contributed by atoms with Gasteiger partial charge in [0.25, 0.3) is 0 Å². The maximum absolute atomic E-state index is 13.0. The van der Waals surface area contributed by atoms with Crippen molar-refractivity contribution in [1.29, 1.82) is 0 Å². The highest BCUT2D eigenvalue weighted by Gasteiger charge is 2.19. The molecule has 0 atom stereocenters. The van der Waals surface area contributed by atoms with E-state index in [1.165, 1.54) is 0 Å². The van der Waals surface area contributed by atoms with Crippen molar-refractivity contribution in [3.05, 3.63) is 63.1 Å². The van der Waals surface area contributed by atoms with E-state index in [4.69, 9.17) is 16.3 Å². The van der Waals surface area contributed by atoms with E-state index in [-0.39, 0.29) is 30.1 Å². The summed E-state index contributed by atoms with van der Waals surface area (Å²) in [6, 6.07) is 11.4. The van der Waals surface area contributed by atoms with Gasteiger partial charge in [-0.15, -0.1) is 0 Å². The van der Waals surface area contributed by atoms with Crippen molar-refractivity contribution in [2.45, 2.75) is 26.4 Å². The largest absolute Gasteiger partial charge is 0.444 e. The lowest BCUT2D eigenvalue weighted by molar-refractivity contribution is -0.123. The summed E-state index contributed by atoms with van der Waals surface area (Å²) in [5.41, 5.74) is 0.108. The van der Waals surface area contributed by atoms with Crippen LogP contribution in [0.2, 0.25) is 5.02 Å². The van der Waals surface area contributed by atoms with Crippen LogP contribution in [-0.2, 0) is 14.3 Å². The first-order chi connectivity index (χ1) is 15.0. The Morgan fingerprint density at radius 1 is 0.938 bits per heavy atom. The molecular formula is C22H23BrClN3O5. The minimum absolute atomic E-state index is 0.235. The number of rotatable bonds is 7. The fourth-order valence-corrected chi connectivity index (χ4v) is 3.09. The van der Waals surface area contributed by atoms with E-state index in [0.717, 1.165) is 0 Å². The Morgan fingerprint density at radius 2 is 1.59 bits per heavy atom. The van der Waals surface area contributed by atoms with Gasteiger partial charge in [0.05, 0.1) is 17.3 Å². The van der Waals surface area contributed by atoms with Crippen molar-refractivity contribution in [2.24, 2.45) is 0 Å². The second-order valence-corrected chi connectivity index (χ2v) is 9.00. The Balaban J connectivity index is 1.97. The lowest BCUT2D eigenvalue weighted by Crippen LogP contribution is -2.42. The van der Waals surface area contributed by atoms with Gasteiger partial charge in [0.1, 0.15) is 12.1 Å². The molecule has 2 rings (SSSR count). The lowest BCUT2D eigenvalue weighted by Gasteiger charge is -2.19. The summed E-state index contributed by atoms with van der Waals surface area (Å²) in [6.07, 6.45) is -0.741. The molecule has 0 fully saturated rings. The zero-order valence-electron chi connectivity index (χ0n) is 17.8. The maximum Gasteiger partial charge on any atom is 0.408 e. The standard InChI is InChI=1S/C22H23BrClN3O5/c1-22(2,3)32-21(31)26-11-18(28)25-12-19(29)27-17-9-8-13(23)10-15(17)20(30)14-6-4-5-7-16(14)24/h4-10H,11-12H2,1-3H3,(H,25,28)(H,26,31)(H,27,29). The van der Waals surface area contributed by atoms with Crippen molar-refractivity contribution in [2.75, 3.05) is 18.4 Å². The highest BCUT2D eigenvalue weighted by Crippen LogP contribution is 2.26. The van der Waals surface area contributed by atoms with E-state index >= 15 is 0 Å². The molecule has 10 heteroatoms. The first-order valence-electron chi connectivity index (χ1n) is 9.58. The van der Waals surface area contributed by atoms with E-state index in [1.807, 2.05) is 0 Å². The lowest BCUT2D eigenvalue weighted by atomic mass is 10.0. The summed E-state index contributed by atoms with van der Waals surface area (Å²) in [5.74, 6) is -1.49. The molecule has 0 aliphatic heterocycles. The number of anilines is 1. The number of ether oxygens (including phenoxy) is 1. The Labute approximate surface area is 199 Å². The van der Waals surface area contributed by atoms with Crippen LogP contribution in [0.1, 0.15) is 36.7 Å². The van der Waals surface area contributed by atoms with Crippen LogP contribution in [0.15, 0.2) is 46.9 Å². The van der Waals surface area contributed by atoms with Crippen molar-refractivity contribution in [1.82, 2.24) is 10.6 Å². The third kappa shape index (κ3) is 7.97. The summed E-state index contributed by atoms with van der Waals surface area (Å²) in [4.78, 5) is 48.7. The zero-order chi connectivity index (χ0) is 23.9. The Kier molecular flexibility index (Phi) is 8.80. The number of hydrogen-bond donors (Lipinski definition) is 3. The van der Waals surface area contributed by atoms with Gasteiger partial charge < -0.3 is 20.7 Å². The molecule has 0 heterocycles. The summed E-state index contributed by atoms with van der Waals surface area (Å²) >= 11 is 9.45. The van der Waals surface area contributed by atoms with Gasteiger partial charge >= 0.3 is 6.09 Å². The number of amides is 3. The van der Waals surface area contributed by atoms with Gasteiger partial charge in [0, 0.05) is 15.6 Å². The predicted molar refractivity (Wildman–Crippen MR) is 125 cm³/mol. The molecule has 0 aliphatic carbocycles. The normalized spacial score (nSPS) is 10.8. The molecule has 8 nitrogen and oxygen atoms in total. The Bertz CT molecular complexity index is 1040. The molecule has 3 N–H and O–H groups in total. The molecule has 0 aliphatic rings. The molecule has 0 radical (unpaired) electrons. The van der Waals surface area contributed by atoms with Crippen LogP contribution < -0.4 is 16.0 Å². The number of halogens is 2. The average molecular weight is 525 g/mol. The summed E-state index contributed by atoms with van der Waals surface area (Å²) in [5, 5.41) is 7.58. The van der Waals surface area contributed by atoms with E-state index in [0.29, 0.717) is 15.1 Å². The number of hydrogen-bond acceptors (Lipinski definition) is 5. The van der Waals surface area contributed by atoms with Gasteiger partial charge in [-0.1, -0.05) is 39.7 Å². The smallest absolute Gasteiger partial charge is 0.408 e. The fourth-order valence-electron chi connectivity index (χ4n) is 2.51. The van der Waals surface area contributed by atoms with Gasteiger partial charge in [-0.3, -0.25) is 14.4 Å². The molecule has 32 heavy (non-hydrogen) atoms. The van der Waals surface area contributed by atoms with Crippen LogP contribution in [0.4, 0.5) is 10.5 Å². The minimum Gasteiger partial charge on any atom is -0.444 e. The van der Waals surface area contributed by atoms with E-state index in [2.05, 4.69) is 31.9 Å². The third-order valence-corrected chi connectivity index (χ3v) is 4.68. The molecule has 0 unspecified atom stereocenters. The van der Waals surface area contributed by atoms with Crippen LogP contribution in [0, 0.1) is 0 Å².